The van der Waals surface area contributed by atoms with Crippen molar-refractivity contribution in [3.05, 3.63) is 39.7 Å². The van der Waals surface area contributed by atoms with Gasteiger partial charge in [0, 0.05) is 32.1 Å². The van der Waals surface area contributed by atoms with E-state index in [0.717, 1.165) is 24.6 Å². The summed E-state index contributed by atoms with van der Waals surface area (Å²) >= 11 is 0. The number of hydrogen-bond donors (Lipinski definition) is 1. The summed E-state index contributed by atoms with van der Waals surface area (Å²) in [6, 6.07) is 2.81. The summed E-state index contributed by atoms with van der Waals surface area (Å²) in [7, 11) is 0. The van der Waals surface area contributed by atoms with Crippen molar-refractivity contribution in [2.45, 2.75) is 25.8 Å². The highest BCUT2D eigenvalue weighted by molar-refractivity contribution is 5.94. The third-order valence-corrected chi connectivity index (χ3v) is 3.51. The van der Waals surface area contributed by atoms with Gasteiger partial charge in [0.2, 0.25) is 5.91 Å². The minimum atomic E-state index is -0.916. The third-order valence-electron chi connectivity index (χ3n) is 3.51. The van der Waals surface area contributed by atoms with Crippen molar-refractivity contribution in [2.75, 3.05) is 13.1 Å². The number of non-ortho nitro benzene ring substituents is 1. The smallest absolute Gasteiger partial charge is 0.272 e. The molecule has 8 heteroatoms. The second-order valence-corrected chi connectivity index (χ2v) is 5.21. The first-order valence-corrected chi connectivity index (χ1v) is 6.89. The lowest BCUT2D eigenvalue weighted by Crippen LogP contribution is -2.49. The number of nitrogens with one attached hydrogen (secondary N) is 1. The van der Waals surface area contributed by atoms with Crippen LogP contribution in [0.5, 0.6) is 0 Å². The molecule has 1 unspecified atom stereocenters. The summed E-state index contributed by atoms with van der Waals surface area (Å²) in [5.74, 6) is -1.62. The number of halogens is 1. The number of nitrogens with zero attached hydrogens (tertiary/aromatic N) is 2. The Morgan fingerprint density at radius 3 is 2.77 bits per heavy atom. The van der Waals surface area contributed by atoms with Gasteiger partial charge in [0.25, 0.3) is 11.6 Å². The van der Waals surface area contributed by atoms with E-state index in [1.165, 1.54) is 11.8 Å². The first kappa shape index (κ1) is 15.9. The summed E-state index contributed by atoms with van der Waals surface area (Å²) in [5, 5.41) is 13.3. The lowest BCUT2D eigenvalue weighted by atomic mass is 10.0. The molecule has 1 atom stereocenters. The number of piperidine rings is 1. The van der Waals surface area contributed by atoms with Crippen LogP contribution in [0, 0.1) is 15.9 Å². The molecule has 0 aliphatic carbocycles. The number of amides is 2. The van der Waals surface area contributed by atoms with Crippen molar-refractivity contribution in [1.29, 1.82) is 0 Å². The third kappa shape index (κ3) is 3.57. The number of rotatable bonds is 3. The van der Waals surface area contributed by atoms with Gasteiger partial charge in [-0.3, -0.25) is 19.7 Å². The largest absolute Gasteiger partial charge is 0.352 e. The van der Waals surface area contributed by atoms with Gasteiger partial charge in [-0.15, -0.1) is 0 Å². The molecule has 1 saturated heterocycles. The van der Waals surface area contributed by atoms with E-state index in [0.29, 0.717) is 19.5 Å². The highest BCUT2D eigenvalue weighted by atomic mass is 19.1. The van der Waals surface area contributed by atoms with Crippen LogP contribution in [0.1, 0.15) is 30.1 Å². The fourth-order valence-corrected chi connectivity index (χ4v) is 2.53. The molecule has 0 spiro atoms. The van der Waals surface area contributed by atoms with E-state index in [-0.39, 0.29) is 17.5 Å². The minimum Gasteiger partial charge on any atom is -0.352 e. The lowest BCUT2D eigenvalue weighted by Gasteiger charge is -2.33. The van der Waals surface area contributed by atoms with Crippen molar-refractivity contribution in [3.8, 4) is 0 Å². The maximum atomic E-state index is 13.9. The molecule has 0 radical (unpaired) electrons. The van der Waals surface area contributed by atoms with Crippen LogP contribution in [0.4, 0.5) is 10.1 Å². The molecule has 0 saturated carbocycles. The van der Waals surface area contributed by atoms with Crippen molar-refractivity contribution < 1.29 is 18.9 Å². The second-order valence-electron chi connectivity index (χ2n) is 5.21. The SMILES string of the molecule is CC(=O)NC1CCCN(C(=O)c2ccc([N+](=O)[O-])cc2F)C1. The predicted molar refractivity (Wildman–Crippen MR) is 75.8 cm³/mol. The molecule has 2 rings (SSSR count). The van der Waals surface area contributed by atoms with Crippen molar-refractivity contribution in [1.82, 2.24) is 10.2 Å². The molecule has 1 aliphatic heterocycles. The standard InChI is InChI=1S/C14H16FN3O4/c1-9(19)16-10-3-2-6-17(8-10)14(20)12-5-4-11(18(21)22)7-13(12)15/h4-5,7,10H,2-3,6,8H2,1H3,(H,16,19). The van der Waals surface area contributed by atoms with Gasteiger partial charge >= 0.3 is 0 Å². The highest BCUT2D eigenvalue weighted by Crippen LogP contribution is 2.20. The Hall–Kier alpha value is -2.51. The molecule has 7 nitrogen and oxygen atoms in total. The van der Waals surface area contributed by atoms with Crippen molar-refractivity contribution in [3.63, 3.8) is 0 Å². The zero-order chi connectivity index (χ0) is 16.3. The summed E-state index contributed by atoms with van der Waals surface area (Å²) < 4.78 is 13.9. The van der Waals surface area contributed by atoms with Gasteiger partial charge in [0.05, 0.1) is 16.6 Å². The number of carbonyl (C=O) groups excluding carboxylic acids is 2. The summed E-state index contributed by atoms with van der Waals surface area (Å²) in [5.41, 5.74) is -0.599. The molecule has 2 amide bonds. The Kier molecular flexibility index (Phi) is 4.69. The number of benzene rings is 1. The molecule has 118 valence electrons. The number of likely N-dealkylation sites (tertiary alicyclic amines) is 1. The zero-order valence-corrected chi connectivity index (χ0v) is 12.0. The Bertz CT molecular complexity index is 620. The Morgan fingerprint density at radius 1 is 1.45 bits per heavy atom. The topological polar surface area (TPSA) is 92.6 Å². The van der Waals surface area contributed by atoms with E-state index in [4.69, 9.17) is 0 Å². The van der Waals surface area contributed by atoms with Gasteiger partial charge in [-0.1, -0.05) is 0 Å². The molecule has 1 aromatic carbocycles. The fourth-order valence-electron chi connectivity index (χ4n) is 2.53. The number of nitro benzene ring substituents is 1. The lowest BCUT2D eigenvalue weighted by molar-refractivity contribution is -0.385. The van der Waals surface area contributed by atoms with Crippen LogP contribution in [0.25, 0.3) is 0 Å². The first-order chi connectivity index (χ1) is 10.4. The Labute approximate surface area is 126 Å². The van der Waals surface area contributed by atoms with Crippen molar-refractivity contribution >= 4 is 17.5 Å². The molecule has 1 fully saturated rings. The molecule has 1 aromatic rings. The monoisotopic (exact) mass is 309 g/mol. The van der Waals surface area contributed by atoms with Crippen LogP contribution in [-0.4, -0.2) is 40.8 Å². The number of hydrogen-bond acceptors (Lipinski definition) is 4. The molecular weight excluding hydrogens is 293 g/mol. The van der Waals surface area contributed by atoms with Gasteiger partial charge in [-0.2, -0.15) is 0 Å². The quantitative estimate of drug-likeness (QED) is 0.676. The van der Waals surface area contributed by atoms with E-state index >= 15 is 0 Å². The van der Waals surface area contributed by atoms with E-state index in [9.17, 15) is 24.1 Å². The Balaban J connectivity index is 2.13. The van der Waals surface area contributed by atoms with Crippen LogP contribution in [0.2, 0.25) is 0 Å². The normalized spacial score (nSPS) is 17.9. The van der Waals surface area contributed by atoms with E-state index in [1.54, 1.807) is 0 Å². The minimum absolute atomic E-state index is 0.156. The number of nitro groups is 1. The van der Waals surface area contributed by atoms with Gasteiger partial charge in [-0.05, 0) is 18.9 Å². The van der Waals surface area contributed by atoms with Crippen LogP contribution in [0.3, 0.4) is 0 Å². The number of carbonyl (C=O) groups is 2. The molecular formula is C14H16FN3O4. The first-order valence-electron chi connectivity index (χ1n) is 6.89. The second kappa shape index (κ2) is 6.50. The van der Waals surface area contributed by atoms with Gasteiger partial charge in [0.1, 0.15) is 5.82 Å². The average molecular weight is 309 g/mol. The van der Waals surface area contributed by atoms with E-state index < -0.39 is 22.3 Å². The van der Waals surface area contributed by atoms with Crippen LogP contribution in [-0.2, 0) is 4.79 Å². The highest BCUT2D eigenvalue weighted by Gasteiger charge is 2.27. The van der Waals surface area contributed by atoms with Gasteiger partial charge in [-0.25, -0.2) is 4.39 Å². The van der Waals surface area contributed by atoms with Crippen LogP contribution < -0.4 is 5.32 Å². The maximum Gasteiger partial charge on any atom is 0.272 e. The summed E-state index contributed by atoms with van der Waals surface area (Å²) in [4.78, 5) is 34.7. The predicted octanol–water partition coefficient (Wildman–Crippen LogP) is 1.47. The molecule has 1 N–H and O–H groups in total. The van der Waals surface area contributed by atoms with Gasteiger partial charge < -0.3 is 10.2 Å². The average Bonchev–Trinajstić information content (AvgIpc) is 2.46. The molecule has 0 bridgehead atoms. The maximum absolute atomic E-state index is 13.9. The fraction of sp³-hybridized carbons (Fsp3) is 0.429. The van der Waals surface area contributed by atoms with E-state index in [2.05, 4.69) is 5.32 Å². The zero-order valence-electron chi connectivity index (χ0n) is 12.0. The molecule has 22 heavy (non-hydrogen) atoms. The molecule has 1 heterocycles. The van der Waals surface area contributed by atoms with Crippen molar-refractivity contribution in [2.24, 2.45) is 0 Å². The molecule has 1 aliphatic rings. The Morgan fingerprint density at radius 2 is 2.18 bits per heavy atom. The van der Waals surface area contributed by atoms with Gasteiger partial charge in [0.15, 0.2) is 0 Å². The van der Waals surface area contributed by atoms with Crippen LogP contribution in [0.15, 0.2) is 18.2 Å². The van der Waals surface area contributed by atoms with Crippen LogP contribution >= 0.6 is 0 Å². The summed E-state index contributed by atoms with van der Waals surface area (Å²) in [6.45, 7) is 2.16. The summed E-state index contributed by atoms with van der Waals surface area (Å²) in [6.07, 6.45) is 1.46. The molecule has 0 aromatic heterocycles. The van der Waals surface area contributed by atoms with E-state index in [1.807, 2.05) is 0 Å².